The molecule has 0 aliphatic carbocycles. The highest BCUT2D eigenvalue weighted by molar-refractivity contribution is 5.85. The van der Waals surface area contributed by atoms with Gasteiger partial charge in [-0.15, -0.1) is 12.4 Å². The normalized spacial score (nSPS) is 18.7. The second-order valence-electron chi connectivity index (χ2n) is 7.11. The van der Waals surface area contributed by atoms with E-state index >= 15 is 0 Å². The van der Waals surface area contributed by atoms with E-state index in [9.17, 15) is 4.79 Å². The Morgan fingerprint density at radius 1 is 0.964 bits per heavy atom. The van der Waals surface area contributed by atoms with Crippen LogP contribution in [-0.2, 0) is 11.2 Å². The molecule has 1 aliphatic heterocycles. The number of hydrogen-bond donors (Lipinski definition) is 1. The molecule has 0 radical (unpaired) electrons. The lowest BCUT2D eigenvalue weighted by atomic mass is 9.95. The molecule has 4 rings (SSSR count). The summed E-state index contributed by atoms with van der Waals surface area (Å²) in [7, 11) is 0. The van der Waals surface area contributed by atoms with Gasteiger partial charge in [0, 0.05) is 43.5 Å². The number of amides is 1. The van der Waals surface area contributed by atoms with Gasteiger partial charge in [0.15, 0.2) is 0 Å². The summed E-state index contributed by atoms with van der Waals surface area (Å²) >= 11 is 0. The standard InChI is InChI=1S/C23H24N2O2.ClH/c24-21-16-25(15-20(21)17-7-3-1-4-8-17)23(26)14-12-19-11-13-22(27-19)18-9-5-2-6-10-18;/h1-11,13,20-21H,12,14-16,24H2;1H/t20-,21+;/m0./s1. The van der Waals surface area contributed by atoms with Gasteiger partial charge in [-0.25, -0.2) is 0 Å². The molecule has 1 aliphatic rings. The van der Waals surface area contributed by atoms with Crippen molar-refractivity contribution in [2.24, 2.45) is 5.73 Å². The number of halogens is 1. The lowest BCUT2D eigenvalue weighted by Crippen LogP contribution is -2.32. The largest absolute Gasteiger partial charge is 0.461 e. The molecule has 0 unspecified atom stereocenters. The number of benzene rings is 2. The summed E-state index contributed by atoms with van der Waals surface area (Å²) in [6.07, 6.45) is 1.05. The zero-order valence-electron chi connectivity index (χ0n) is 15.7. The van der Waals surface area contributed by atoms with Crippen LogP contribution in [0, 0.1) is 0 Å². The van der Waals surface area contributed by atoms with Crippen molar-refractivity contribution >= 4 is 18.3 Å². The maximum atomic E-state index is 12.6. The van der Waals surface area contributed by atoms with Crippen LogP contribution < -0.4 is 5.73 Å². The van der Waals surface area contributed by atoms with Crippen LogP contribution in [0.1, 0.15) is 23.7 Å². The third-order valence-corrected chi connectivity index (χ3v) is 5.25. The molecule has 2 N–H and O–H groups in total. The van der Waals surface area contributed by atoms with Gasteiger partial charge in [0.05, 0.1) is 0 Å². The number of nitrogens with two attached hydrogens (primary N) is 1. The molecule has 2 heterocycles. The highest BCUT2D eigenvalue weighted by Crippen LogP contribution is 2.27. The summed E-state index contributed by atoms with van der Waals surface area (Å²) in [4.78, 5) is 14.5. The van der Waals surface area contributed by atoms with Gasteiger partial charge in [-0.1, -0.05) is 60.7 Å². The van der Waals surface area contributed by atoms with Crippen LogP contribution in [0.25, 0.3) is 11.3 Å². The first-order valence-electron chi connectivity index (χ1n) is 9.43. The van der Waals surface area contributed by atoms with E-state index in [1.54, 1.807) is 0 Å². The predicted molar refractivity (Wildman–Crippen MR) is 113 cm³/mol. The number of carbonyl (C=O) groups excluding carboxylic acids is 1. The van der Waals surface area contributed by atoms with E-state index in [1.165, 1.54) is 5.56 Å². The van der Waals surface area contributed by atoms with Crippen molar-refractivity contribution < 1.29 is 9.21 Å². The Balaban J connectivity index is 0.00000225. The summed E-state index contributed by atoms with van der Waals surface area (Å²) < 4.78 is 5.90. The van der Waals surface area contributed by atoms with E-state index in [2.05, 4.69) is 12.1 Å². The van der Waals surface area contributed by atoms with E-state index in [0.29, 0.717) is 25.9 Å². The Morgan fingerprint density at radius 2 is 1.64 bits per heavy atom. The van der Waals surface area contributed by atoms with Crippen LogP contribution in [0.3, 0.4) is 0 Å². The Morgan fingerprint density at radius 3 is 2.36 bits per heavy atom. The second kappa shape index (κ2) is 9.09. The average molecular weight is 397 g/mol. The van der Waals surface area contributed by atoms with Crippen molar-refractivity contribution in [1.82, 2.24) is 4.90 Å². The smallest absolute Gasteiger partial charge is 0.223 e. The minimum absolute atomic E-state index is 0. The Kier molecular flexibility index (Phi) is 6.55. The van der Waals surface area contributed by atoms with E-state index < -0.39 is 0 Å². The fraction of sp³-hybridized carbons (Fsp3) is 0.261. The number of hydrogen-bond acceptors (Lipinski definition) is 3. The van der Waals surface area contributed by atoms with Crippen LogP contribution in [0.4, 0.5) is 0 Å². The van der Waals surface area contributed by atoms with Gasteiger partial charge in [-0.3, -0.25) is 4.79 Å². The molecule has 2 atom stereocenters. The van der Waals surface area contributed by atoms with Crippen LogP contribution in [-0.4, -0.2) is 29.9 Å². The van der Waals surface area contributed by atoms with Crippen molar-refractivity contribution in [1.29, 1.82) is 0 Å². The first-order chi connectivity index (χ1) is 13.2. The van der Waals surface area contributed by atoms with Crippen molar-refractivity contribution in [2.75, 3.05) is 13.1 Å². The minimum Gasteiger partial charge on any atom is -0.461 e. The molecule has 146 valence electrons. The van der Waals surface area contributed by atoms with Crippen LogP contribution in [0.5, 0.6) is 0 Å². The molecule has 0 bridgehead atoms. The number of carbonyl (C=O) groups is 1. The first-order valence-corrected chi connectivity index (χ1v) is 9.43. The minimum atomic E-state index is -0.00959. The van der Waals surface area contributed by atoms with Gasteiger partial charge in [0.2, 0.25) is 5.91 Å². The average Bonchev–Trinajstić information content (AvgIpc) is 3.34. The molecular weight excluding hydrogens is 372 g/mol. The van der Waals surface area contributed by atoms with Gasteiger partial charge in [-0.2, -0.15) is 0 Å². The Bertz CT molecular complexity index is 895. The maximum absolute atomic E-state index is 12.6. The molecular formula is C23H25ClN2O2. The third kappa shape index (κ3) is 4.46. The van der Waals surface area contributed by atoms with Crippen molar-refractivity contribution in [3.63, 3.8) is 0 Å². The van der Waals surface area contributed by atoms with Crippen LogP contribution in [0.15, 0.2) is 77.2 Å². The first kappa shape index (κ1) is 20.2. The van der Waals surface area contributed by atoms with Crippen molar-refractivity contribution in [3.05, 3.63) is 84.1 Å². The molecule has 2 aromatic carbocycles. The lowest BCUT2D eigenvalue weighted by molar-refractivity contribution is -0.130. The number of nitrogens with zero attached hydrogens (tertiary/aromatic N) is 1. The molecule has 5 heteroatoms. The number of rotatable bonds is 5. The summed E-state index contributed by atoms with van der Waals surface area (Å²) in [6.45, 7) is 1.31. The Labute approximate surface area is 171 Å². The number of furan rings is 1. The fourth-order valence-corrected chi connectivity index (χ4v) is 3.74. The molecule has 1 aromatic heterocycles. The van der Waals surface area contributed by atoms with Crippen molar-refractivity contribution in [3.8, 4) is 11.3 Å². The quantitative estimate of drug-likeness (QED) is 0.701. The summed E-state index contributed by atoms with van der Waals surface area (Å²) in [5.41, 5.74) is 8.56. The Hall–Kier alpha value is -2.56. The second-order valence-corrected chi connectivity index (χ2v) is 7.11. The molecule has 3 aromatic rings. The van der Waals surface area contributed by atoms with Crippen molar-refractivity contribution in [2.45, 2.75) is 24.8 Å². The van der Waals surface area contributed by atoms with E-state index in [1.807, 2.05) is 65.6 Å². The lowest BCUT2D eigenvalue weighted by Gasteiger charge is -2.16. The fourth-order valence-electron chi connectivity index (χ4n) is 3.74. The summed E-state index contributed by atoms with van der Waals surface area (Å²) in [5.74, 6) is 2.03. The van der Waals surface area contributed by atoms with E-state index in [4.69, 9.17) is 10.2 Å². The highest BCUT2D eigenvalue weighted by Gasteiger charge is 2.33. The molecule has 4 nitrogen and oxygen atoms in total. The molecule has 1 amide bonds. The third-order valence-electron chi connectivity index (χ3n) is 5.25. The monoisotopic (exact) mass is 396 g/mol. The summed E-state index contributed by atoms with van der Waals surface area (Å²) in [5, 5.41) is 0. The summed E-state index contributed by atoms with van der Waals surface area (Å²) in [6, 6.07) is 24.1. The van der Waals surface area contributed by atoms with E-state index in [-0.39, 0.29) is 30.3 Å². The van der Waals surface area contributed by atoms with E-state index in [0.717, 1.165) is 17.1 Å². The SMILES string of the molecule is Cl.N[C@@H]1CN(C(=O)CCc2ccc(-c3ccccc3)o2)C[C@H]1c1ccccc1. The maximum Gasteiger partial charge on any atom is 0.223 e. The topological polar surface area (TPSA) is 59.5 Å². The highest BCUT2D eigenvalue weighted by atomic mass is 35.5. The predicted octanol–water partition coefficient (Wildman–Crippen LogP) is 4.25. The van der Waals surface area contributed by atoms with Gasteiger partial charge < -0.3 is 15.1 Å². The zero-order chi connectivity index (χ0) is 18.6. The van der Waals surface area contributed by atoms with Gasteiger partial charge in [-0.05, 0) is 17.7 Å². The molecule has 0 saturated carbocycles. The van der Waals surface area contributed by atoms with Gasteiger partial charge in [0.1, 0.15) is 11.5 Å². The molecule has 1 saturated heterocycles. The molecule has 1 fully saturated rings. The van der Waals surface area contributed by atoms with Gasteiger partial charge in [0.25, 0.3) is 0 Å². The zero-order valence-corrected chi connectivity index (χ0v) is 16.5. The molecule has 0 spiro atoms. The van der Waals surface area contributed by atoms with Crippen LogP contribution in [0.2, 0.25) is 0 Å². The molecule has 28 heavy (non-hydrogen) atoms. The number of aryl methyl sites for hydroxylation is 1. The number of likely N-dealkylation sites (tertiary alicyclic amines) is 1. The van der Waals surface area contributed by atoms with Crippen LogP contribution >= 0.6 is 12.4 Å². The van der Waals surface area contributed by atoms with Gasteiger partial charge >= 0.3 is 0 Å².